The fourth-order valence-electron chi connectivity index (χ4n) is 1.82. The van der Waals surface area contributed by atoms with Crippen molar-refractivity contribution in [3.8, 4) is 0 Å². The molecule has 0 bridgehead atoms. The van der Waals surface area contributed by atoms with Crippen molar-refractivity contribution in [2.45, 2.75) is 20.3 Å². The van der Waals surface area contributed by atoms with E-state index in [9.17, 15) is 4.79 Å². The van der Waals surface area contributed by atoms with Gasteiger partial charge < -0.3 is 10.6 Å². The molecule has 2 aromatic rings. The average molecular weight is 319 g/mol. The summed E-state index contributed by atoms with van der Waals surface area (Å²) >= 11 is 6.09. The van der Waals surface area contributed by atoms with Crippen LogP contribution < -0.4 is 10.6 Å². The van der Waals surface area contributed by atoms with Crippen molar-refractivity contribution in [2.24, 2.45) is 5.92 Å². The molecule has 1 aromatic carbocycles. The van der Waals surface area contributed by atoms with Gasteiger partial charge in [0.2, 0.25) is 0 Å². The summed E-state index contributed by atoms with van der Waals surface area (Å²) in [5.41, 5.74) is 1.06. The molecule has 0 aliphatic carbocycles. The highest BCUT2D eigenvalue weighted by molar-refractivity contribution is 6.33. The first-order valence-corrected chi connectivity index (χ1v) is 7.56. The van der Waals surface area contributed by atoms with Gasteiger partial charge in [-0.25, -0.2) is 9.97 Å². The van der Waals surface area contributed by atoms with Crippen molar-refractivity contribution < 1.29 is 4.79 Å². The molecule has 0 aliphatic heterocycles. The van der Waals surface area contributed by atoms with E-state index in [1.54, 1.807) is 12.1 Å². The van der Waals surface area contributed by atoms with E-state index in [1.165, 1.54) is 6.33 Å². The standard InChI is InChI=1S/C16H19ClN4O/c1-11(2)7-8-18-16(22)14-9-15(20-10-19-14)21-13-6-4-3-5-12(13)17/h3-6,9-11H,7-8H2,1-2H3,(H,18,22)(H,19,20,21). The SMILES string of the molecule is CC(C)CCNC(=O)c1cc(Nc2ccccc2Cl)ncn1. The van der Waals surface area contributed by atoms with Crippen LogP contribution in [0.1, 0.15) is 30.8 Å². The second-order valence-corrected chi connectivity index (χ2v) is 5.74. The minimum Gasteiger partial charge on any atom is -0.351 e. The Hall–Kier alpha value is -2.14. The maximum absolute atomic E-state index is 12.0. The Morgan fingerprint density at radius 2 is 2.05 bits per heavy atom. The molecule has 1 heterocycles. The van der Waals surface area contributed by atoms with Gasteiger partial charge in [-0.3, -0.25) is 4.79 Å². The zero-order chi connectivity index (χ0) is 15.9. The molecule has 116 valence electrons. The fraction of sp³-hybridized carbons (Fsp3) is 0.312. The van der Waals surface area contributed by atoms with E-state index in [0.717, 1.165) is 12.1 Å². The molecule has 0 unspecified atom stereocenters. The van der Waals surface area contributed by atoms with Crippen LogP contribution in [0.2, 0.25) is 5.02 Å². The number of hydrogen-bond donors (Lipinski definition) is 2. The molecule has 0 aliphatic rings. The van der Waals surface area contributed by atoms with E-state index in [2.05, 4.69) is 34.4 Å². The second-order valence-electron chi connectivity index (χ2n) is 5.33. The fourth-order valence-corrected chi connectivity index (χ4v) is 2.00. The minimum atomic E-state index is -0.203. The highest BCUT2D eigenvalue weighted by Crippen LogP contribution is 2.23. The Morgan fingerprint density at radius 1 is 1.27 bits per heavy atom. The third-order valence-corrected chi connectivity index (χ3v) is 3.37. The van der Waals surface area contributed by atoms with Gasteiger partial charge in [-0.2, -0.15) is 0 Å². The number of carbonyl (C=O) groups excluding carboxylic acids is 1. The van der Waals surface area contributed by atoms with Gasteiger partial charge >= 0.3 is 0 Å². The first-order valence-electron chi connectivity index (χ1n) is 7.18. The van der Waals surface area contributed by atoms with Crippen LogP contribution in [0, 0.1) is 5.92 Å². The minimum absolute atomic E-state index is 0.203. The maximum atomic E-state index is 12.0. The number of para-hydroxylation sites is 1. The molecule has 6 heteroatoms. The van der Waals surface area contributed by atoms with Crippen LogP contribution in [0.15, 0.2) is 36.7 Å². The molecule has 0 saturated carbocycles. The highest BCUT2D eigenvalue weighted by Gasteiger charge is 2.09. The lowest BCUT2D eigenvalue weighted by Crippen LogP contribution is -2.26. The predicted octanol–water partition coefficient (Wildman–Crippen LogP) is 3.65. The monoisotopic (exact) mass is 318 g/mol. The Kier molecular flexibility index (Phi) is 5.72. The zero-order valence-electron chi connectivity index (χ0n) is 12.6. The third-order valence-electron chi connectivity index (χ3n) is 3.04. The molecule has 2 rings (SSSR count). The summed E-state index contributed by atoms with van der Waals surface area (Å²) in [6, 6.07) is 8.95. The van der Waals surface area contributed by atoms with Crippen LogP contribution in [0.4, 0.5) is 11.5 Å². The molecular formula is C16H19ClN4O. The van der Waals surface area contributed by atoms with Crippen LogP contribution >= 0.6 is 11.6 Å². The first-order chi connectivity index (χ1) is 10.6. The maximum Gasteiger partial charge on any atom is 0.270 e. The Labute approximate surface area is 135 Å². The number of aromatic nitrogens is 2. The van der Waals surface area contributed by atoms with Gasteiger partial charge in [-0.1, -0.05) is 37.6 Å². The van der Waals surface area contributed by atoms with Gasteiger partial charge in [0.05, 0.1) is 10.7 Å². The van der Waals surface area contributed by atoms with Gasteiger partial charge in [0.15, 0.2) is 0 Å². The van der Waals surface area contributed by atoms with Crippen molar-refractivity contribution in [3.63, 3.8) is 0 Å². The first kappa shape index (κ1) is 16.2. The molecular weight excluding hydrogens is 300 g/mol. The summed E-state index contributed by atoms with van der Waals surface area (Å²) in [7, 11) is 0. The summed E-state index contributed by atoms with van der Waals surface area (Å²) in [5, 5.41) is 6.52. The van der Waals surface area contributed by atoms with E-state index >= 15 is 0 Å². The van der Waals surface area contributed by atoms with Crippen LogP contribution in [-0.4, -0.2) is 22.4 Å². The number of carbonyl (C=O) groups is 1. The Morgan fingerprint density at radius 3 is 2.77 bits per heavy atom. The molecule has 2 N–H and O–H groups in total. The third kappa shape index (κ3) is 4.70. The molecule has 0 radical (unpaired) electrons. The lowest BCUT2D eigenvalue weighted by molar-refractivity contribution is 0.0947. The Bertz CT molecular complexity index is 646. The zero-order valence-corrected chi connectivity index (χ0v) is 13.4. The number of anilines is 2. The summed E-state index contributed by atoms with van der Waals surface area (Å²) in [5.74, 6) is 0.866. The number of benzene rings is 1. The summed E-state index contributed by atoms with van der Waals surface area (Å²) in [6.45, 7) is 4.86. The largest absolute Gasteiger partial charge is 0.351 e. The van der Waals surface area contributed by atoms with E-state index in [1.807, 2.05) is 18.2 Å². The van der Waals surface area contributed by atoms with Gasteiger partial charge in [0.1, 0.15) is 17.8 Å². The van der Waals surface area contributed by atoms with E-state index in [4.69, 9.17) is 11.6 Å². The van der Waals surface area contributed by atoms with Crippen molar-refractivity contribution in [1.82, 2.24) is 15.3 Å². The van der Waals surface area contributed by atoms with Crippen LogP contribution in [-0.2, 0) is 0 Å². The smallest absolute Gasteiger partial charge is 0.270 e. The normalized spacial score (nSPS) is 10.5. The van der Waals surface area contributed by atoms with Crippen molar-refractivity contribution in [3.05, 3.63) is 47.4 Å². The number of halogens is 1. The number of amides is 1. The molecule has 0 spiro atoms. The van der Waals surface area contributed by atoms with Crippen LogP contribution in [0.5, 0.6) is 0 Å². The van der Waals surface area contributed by atoms with Gasteiger partial charge in [0, 0.05) is 12.6 Å². The summed E-state index contributed by atoms with van der Waals surface area (Å²) < 4.78 is 0. The summed E-state index contributed by atoms with van der Waals surface area (Å²) in [4.78, 5) is 20.2. The van der Waals surface area contributed by atoms with Gasteiger partial charge in [0.25, 0.3) is 5.91 Å². The number of rotatable bonds is 6. The molecule has 1 aromatic heterocycles. The van der Waals surface area contributed by atoms with Crippen LogP contribution in [0.3, 0.4) is 0 Å². The molecule has 0 fully saturated rings. The van der Waals surface area contributed by atoms with Crippen molar-refractivity contribution in [1.29, 1.82) is 0 Å². The van der Waals surface area contributed by atoms with Crippen LogP contribution in [0.25, 0.3) is 0 Å². The van der Waals surface area contributed by atoms with E-state index in [-0.39, 0.29) is 5.91 Å². The molecule has 5 nitrogen and oxygen atoms in total. The predicted molar refractivity (Wildman–Crippen MR) is 88.6 cm³/mol. The number of nitrogens with one attached hydrogen (secondary N) is 2. The van der Waals surface area contributed by atoms with E-state index < -0.39 is 0 Å². The second kappa shape index (κ2) is 7.75. The van der Waals surface area contributed by atoms with Gasteiger partial charge in [-0.05, 0) is 24.5 Å². The van der Waals surface area contributed by atoms with Crippen molar-refractivity contribution >= 4 is 29.0 Å². The molecule has 0 saturated heterocycles. The highest BCUT2D eigenvalue weighted by atomic mass is 35.5. The topological polar surface area (TPSA) is 66.9 Å². The number of hydrogen-bond acceptors (Lipinski definition) is 4. The number of nitrogens with zero attached hydrogens (tertiary/aromatic N) is 2. The molecule has 22 heavy (non-hydrogen) atoms. The Balaban J connectivity index is 2.03. The van der Waals surface area contributed by atoms with Crippen molar-refractivity contribution in [2.75, 3.05) is 11.9 Å². The lowest BCUT2D eigenvalue weighted by atomic mass is 10.1. The molecule has 0 atom stereocenters. The molecule has 1 amide bonds. The summed E-state index contributed by atoms with van der Waals surface area (Å²) in [6.07, 6.45) is 2.29. The van der Waals surface area contributed by atoms with Gasteiger partial charge in [-0.15, -0.1) is 0 Å². The lowest BCUT2D eigenvalue weighted by Gasteiger charge is -2.09. The average Bonchev–Trinajstić information content (AvgIpc) is 2.49. The quantitative estimate of drug-likeness (QED) is 0.853. The van der Waals surface area contributed by atoms with E-state index in [0.29, 0.717) is 29.0 Å².